The van der Waals surface area contributed by atoms with E-state index in [1.54, 1.807) is 0 Å². The molecule has 0 fully saturated rings. The topological polar surface area (TPSA) is 30.7 Å². The lowest BCUT2D eigenvalue weighted by atomic mass is 9.89. The SMILES string of the molecule is c1ccc(-c2ccc(-c3cc(-c4ccc5c6ccccc6n(-c6ccccc6)c5c4)nc(-c4ccc(-c5c6ccccc6cc6c5ccc5ccccc56)cc4)n3)cc2)cc1. The highest BCUT2D eigenvalue weighted by Gasteiger charge is 2.17. The Labute approximate surface area is 353 Å². The maximum atomic E-state index is 5.34. The van der Waals surface area contributed by atoms with Crippen LogP contribution in [0.2, 0.25) is 0 Å². The fourth-order valence-corrected chi connectivity index (χ4v) is 9.24. The zero-order chi connectivity index (χ0) is 40.3. The van der Waals surface area contributed by atoms with E-state index in [2.05, 4.69) is 229 Å². The molecule has 3 heteroatoms. The molecule has 12 rings (SSSR count). The quantitative estimate of drug-likeness (QED) is 0.124. The summed E-state index contributed by atoms with van der Waals surface area (Å²) in [7, 11) is 0. The average molecular weight is 776 g/mol. The van der Waals surface area contributed by atoms with Crippen molar-refractivity contribution in [1.82, 2.24) is 14.5 Å². The van der Waals surface area contributed by atoms with Gasteiger partial charge in [-0.15, -0.1) is 0 Å². The van der Waals surface area contributed by atoms with E-state index in [1.165, 1.54) is 65.3 Å². The summed E-state index contributed by atoms with van der Waals surface area (Å²) in [5.41, 5.74) is 13.0. The molecule has 0 aliphatic rings. The summed E-state index contributed by atoms with van der Waals surface area (Å²) in [4.78, 5) is 10.6. The summed E-state index contributed by atoms with van der Waals surface area (Å²) in [5, 5.41) is 9.91. The lowest BCUT2D eigenvalue weighted by Crippen LogP contribution is -1.97. The van der Waals surface area contributed by atoms with Crippen LogP contribution in [-0.2, 0) is 0 Å². The third kappa shape index (κ3) is 5.98. The minimum Gasteiger partial charge on any atom is -0.309 e. The number of hydrogen-bond acceptors (Lipinski definition) is 2. The van der Waals surface area contributed by atoms with Gasteiger partial charge in [-0.25, -0.2) is 9.97 Å². The first-order valence-electron chi connectivity index (χ1n) is 20.8. The van der Waals surface area contributed by atoms with E-state index < -0.39 is 0 Å². The molecular weight excluding hydrogens is 739 g/mol. The Morgan fingerprint density at radius 3 is 1.61 bits per heavy atom. The summed E-state index contributed by atoms with van der Waals surface area (Å²) in [6, 6.07) is 80.4. The Morgan fingerprint density at radius 1 is 0.279 bits per heavy atom. The van der Waals surface area contributed by atoms with E-state index in [4.69, 9.17) is 9.97 Å². The van der Waals surface area contributed by atoms with Crippen LogP contribution < -0.4 is 0 Å². The average Bonchev–Trinajstić information content (AvgIpc) is 3.67. The van der Waals surface area contributed by atoms with Gasteiger partial charge in [-0.2, -0.15) is 0 Å². The maximum Gasteiger partial charge on any atom is 0.160 e. The number of rotatable bonds is 6. The van der Waals surface area contributed by atoms with Crippen molar-refractivity contribution >= 4 is 54.1 Å². The highest BCUT2D eigenvalue weighted by Crippen LogP contribution is 2.41. The molecule has 3 nitrogen and oxygen atoms in total. The number of nitrogens with zero attached hydrogens (tertiary/aromatic N) is 3. The van der Waals surface area contributed by atoms with Gasteiger partial charge in [0.2, 0.25) is 0 Å². The summed E-state index contributed by atoms with van der Waals surface area (Å²) < 4.78 is 2.36. The number of para-hydroxylation sites is 2. The predicted molar refractivity (Wildman–Crippen MR) is 256 cm³/mol. The Morgan fingerprint density at radius 2 is 0.820 bits per heavy atom. The van der Waals surface area contributed by atoms with Gasteiger partial charge in [0.05, 0.1) is 22.4 Å². The molecule has 0 bridgehead atoms. The van der Waals surface area contributed by atoms with Crippen LogP contribution in [0, 0.1) is 0 Å². The van der Waals surface area contributed by atoms with E-state index in [0.717, 1.165) is 44.8 Å². The predicted octanol–water partition coefficient (Wildman–Crippen LogP) is 15.4. The van der Waals surface area contributed by atoms with Crippen molar-refractivity contribution in [1.29, 1.82) is 0 Å². The molecule has 284 valence electrons. The van der Waals surface area contributed by atoms with Crippen molar-refractivity contribution in [2.45, 2.75) is 0 Å². The van der Waals surface area contributed by atoms with E-state index in [0.29, 0.717) is 5.82 Å². The van der Waals surface area contributed by atoms with Gasteiger partial charge in [0.1, 0.15) is 0 Å². The van der Waals surface area contributed by atoms with Crippen molar-refractivity contribution in [2.75, 3.05) is 0 Å². The lowest BCUT2D eigenvalue weighted by molar-refractivity contribution is 1.17. The van der Waals surface area contributed by atoms with Crippen LogP contribution in [-0.4, -0.2) is 14.5 Å². The van der Waals surface area contributed by atoms with Crippen LogP contribution in [0.15, 0.2) is 224 Å². The third-order valence-electron chi connectivity index (χ3n) is 12.2. The Kier molecular flexibility index (Phi) is 8.17. The maximum absolute atomic E-state index is 5.34. The number of benzene rings is 10. The standard InChI is InChI=1S/C58H37N3/c1-3-13-38(14-4-1)39-23-25-41(26-24-39)53-37-54(45-32-33-50-49-21-11-12-22-55(49)61(56(50)36-45)46-17-5-2-6-18-46)60-58(59-53)43-29-27-42(28-30-43)57-48-20-10-8-16-44(48)35-52-47-19-9-7-15-40(47)31-34-51(52)57/h1-37H. The van der Waals surface area contributed by atoms with Crippen molar-refractivity contribution in [2.24, 2.45) is 0 Å². The molecule has 0 aliphatic heterocycles. The molecule has 0 N–H and O–H groups in total. The minimum absolute atomic E-state index is 0.684. The normalized spacial score (nSPS) is 11.6. The van der Waals surface area contributed by atoms with Crippen molar-refractivity contribution in [3.8, 4) is 61.8 Å². The van der Waals surface area contributed by atoms with Crippen LogP contribution >= 0.6 is 0 Å². The van der Waals surface area contributed by atoms with Gasteiger partial charge >= 0.3 is 0 Å². The van der Waals surface area contributed by atoms with Gasteiger partial charge < -0.3 is 4.57 Å². The number of aromatic nitrogens is 3. The fraction of sp³-hybridized carbons (Fsp3) is 0. The molecule has 61 heavy (non-hydrogen) atoms. The molecule has 10 aromatic carbocycles. The molecule has 0 radical (unpaired) electrons. The molecule has 0 unspecified atom stereocenters. The summed E-state index contributed by atoms with van der Waals surface area (Å²) in [6.45, 7) is 0. The zero-order valence-corrected chi connectivity index (χ0v) is 33.2. The van der Waals surface area contributed by atoms with E-state index in [-0.39, 0.29) is 0 Å². The smallest absolute Gasteiger partial charge is 0.160 e. The van der Waals surface area contributed by atoms with Gasteiger partial charge in [-0.1, -0.05) is 188 Å². The third-order valence-corrected chi connectivity index (χ3v) is 12.2. The van der Waals surface area contributed by atoms with Crippen molar-refractivity contribution in [3.05, 3.63) is 224 Å². The van der Waals surface area contributed by atoms with E-state index in [1.807, 2.05) is 0 Å². The molecule has 0 saturated heterocycles. The van der Waals surface area contributed by atoms with E-state index in [9.17, 15) is 0 Å². The molecule has 0 aliphatic carbocycles. The minimum atomic E-state index is 0.684. The lowest BCUT2D eigenvalue weighted by Gasteiger charge is -2.15. The Hall–Kier alpha value is -8.14. The molecule has 2 aromatic heterocycles. The van der Waals surface area contributed by atoms with Crippen LogP contribution in [0.25, 0.3) is 116 Å². The monoisotopic (exact) mass is 775 g/mol. The summed E-state index contributed by atoms with van der Waals surface area (Å²) >= 11 is 0. The van der Waals surface area contributed by atoms with Crippen molar-refractivity contribution in [3.63, 3.8) is 0 Å². The first kappa shape index (κ1) is 34.9. The van der Waals surface area contributed by atoms with Gasteiger partial charge in [0.15, 0.2) is 5.82 Å². The molecule has 0 saturated carbocycles. The largest absolute Gasteiger partial charge is 0.309 e. The molecule has 2 heterocycles. The van der Waals surface area contributed by atoms with Gasteiger partial charge in [-0.3, -0.25) is 0 Å². The van der Waals surface area contributed by atoms with Gasteiger partial charge in [-0.05, 0) is 91.0 Å². The summed E-state index contributed by atoms with van der Waals surface area (Å²) in [6.07, 6.45) is 0. The van der Waals surface area contributed by atoms with Crippen LogP contribution in [0.3, 0.4) is 0 Å². The van der Waals surface area contributed by atoms with Crippen molar-refractivity contribution < 1.29 is 0 Å². The zero-order valence-electron chi connectivity index (χ0n) is 33.2. The molecule has 12 aromatic rings. The second-order valence-electron chi connectivity index (χ2n) is 15.8. The highest BCUT2D eigenvalue weighted by atomic mass is 15.0. The number of hydrogen-bond donors (Lipinski definition) is 0. The number of fused-ring (bicyclic) bond motifs is 7. The summed E-state index contributed by atoms with van der Waals surface area (Å²) in [5.74, 6) is 0.684. The van der Waals surface area contributed by atoms with E-state index >= 15 is 0 Å². The van der Waals surface area contributed by atoms with Crippen LogP contribution in [0.1, 0.15) is 0 Å². The molecule has 0 spiro atoms. The highest BCUT2D eigenvalue weighted by molar-refractivity contribution is 6.20. The Balaban J connectivity index is 1.02. The second kappa shape index (κ2) is 14.3. The molecular formula is C58H37N3. The van der Waals surface area contributed by atoms with Gasteiger partial charge in [0, 0.05) is 33.2 Å². The van der Waals surface area contributed by atoms with Crippen LogP contribution in [0.5, 0.6) is 0 Å². The second-order valence-corrected chi connectivity index (χ2v) is 15.8. The fourth-order valence-electron chi connectivity index (χ4n) is 9.24. The Bertz CT molecular complexity index is 3610. The molecule has 0 amide bonds. The first-order valence-corrected chi connectivity index (χ1v) is 20.8. The first-order chi connectivity index (χ1) is 30.2. The van der Waals surface area contributed by atoms with Gasteiger partial charge in [0.25, 0.3) is 0 Å². The van der Waals surface area contributed by atoms with Crippen LogP contribution in [0.4, 0.5) is 0 Å². The molecule has 0 atom stereocenters.